The monoisotopic (exact) mass is 753 g/mol. The number of halogens is 3. The van der Waals surface area contributed by atoms with Gasteiger partial charge in [0.2, 0.25) is 17.9 Å². The fourth-order valence-corrected chi connectivity index (χ4v) is 6.99. The summed E-state index contributed by atoms with van der Waals surface area (Å²) in [4.78, 5) is 37.8. The predicted octanol–water partition coefficient (Wildman–Crippen LogP) is 4.82. The second-order valence-corrected chi connectivity index (χ2v) is 13.5. The number of aromatic nitrogens is 4. The largest absolute Gasteiger partial charge is 0.464 e. The smallest absolute Gasteiger partial charge is 0.429 e. The number of esters is 1. The number of nitrogen functional groups attached to an aromatic ring is 1. The number of carbonyl (C=O) groups excluding carboxylic acids is 2. The van der Waals surface area contributed by atoms with E-state index in [1.165, 1.54) is 40.0 Å². The van der Waals surface area contributed by atoms with E-state index < -0.39 is 54.4 Å². The fourth-order valence-electron chi connectivity index (χ4n) is 6.99. The van der Waals surface area contributed by atoms with Gasteiger partial charge in [-0.2, -0.15) is 28.2 Å². The molecule has 2 aliphatic heterocycles. The highest BCUT2D eigenvalue weighted by Gasteiger charge is 2.51. The van der Waals surface area contributed by atoms with Crippen molar-refractivity contribution in [2.24, 2.45) is 5.41 Å². The highest BCUT2D eigenvalue weighted by Crippen LogP contribution is 2.45. The third kappa shape index (κ3) is 8.52. The van der Waals surface area contributed by atoms with Crippen molar-refractivity contribution in [2.45, 2.75) is 64.1 Å². The van der Waals surface area contributed by atoms with Crippen LogP contribution in [0.25, 0.3) is 5.69 Å². The second kappa shape index (κ2) is 15.9. The van der Waals surface area contributed by atoms with Crippen LogP contribution < -0.4 is 15.4 Å². The summed E-state index contributed by atoms with van der Waals surface area (Å²) in [6.45, 7) is 3.97. The first-order chi connectivity index (χ1) is 25.8. The van der Waals surface area contributed by atoms with E-state index >= 15 is 0 Å². The molecule has 2 fully saturated rings. The molecule has 6 rings (SSSR count). The third-order valence-electron chi connectivity index (χ3n) is 9.76. The van der Waals surface area contributed by atoms with Crippen LogP contribution in [0.4, 0.5) is 29.7 Å². The van der Waals surface area contributed by atoms with E-state index in [4.69, 9.17) is 19.9 Å². The number of benzene rings is 2. The van der Waals surface area contributed by atoms with Crippen molar-refractivity contribution in [3.63, 3.8) is 0 Å². The number of aliphatic hydroxyl groups is 2. The van der Waals surface area contributed by atoms with Crippen LogP contribution in [0.3, 0.4) is 0 Å². The number of aliphatic hydroxyl groups excluding tert-OH is 2. The minimum atomic E-state index is -4.93. The standard InChI is InChI=1S/C37H42F3N7O7/c1-3-52-33(50)28-19-36(22-46(28)35(51)53-21-24-7-5-4-6-8-24)12-15-45(16-13-36)30-18-31(43-34(41)42-30)54-32(37(38,39)40)26-10-9-25(29(49)20-48)17-27(26)47-14-11-23(2)44-47/h4-11,14,17-18,28-29,32,48-49H,3,12-13,15-16,19-22H2,1-2H3,(H2,41,42,43)/t28?,29?,32-/m1/s1. The van der Waals surface area contributed by atoms with E-state index in [0.29, 0.717) is 38.0 Å². The Morgan fingerprint density at radius 1 is 1.06 bits per heavy atom. The summed E-state index contributed by atoms with van der Waals surface area (Å²) >= 11 is 0. The maximum absolute atomic E-state index is 14.8. The van der Waals surface area contributed by atoms with Gasteiger partial charge in [-0.05, 0) is 61.8 Å². The van der Waals surface area contributed by atoms with Gasteiger partial charge in [-0.25, -0.2) is 14.3 Å². The molecule has 0 aliphatic carbocycles. The molecule has 2 aromatic heterocycles. The van der Waals surface area contributed by atoms with Gasteiger partial charge in [0.1, 0.15) is 24.6 Å². The number of piperidine rings is 1. The molecule has 2 unspecified atom stereocenters. The van der Waals surface area contributed by atoms with E-state index in [2.05, 4.69) is 15.1 Å². The Labute approximate surface area is 309 Å². The van der Waals surface area contributed by atoms with Crippen LogP contribution in [0.2, 0.25) is 0 Å². The molecular formula is C37H42F3N7O7. The van der Waals surface area contributed by atoms with Crippen LogP contribution in [-0.2, 0) is 20.9 Å². The van der Waals surface area contributed by atoms with Crippen molar-refractivity contribution in [3.05, 3.63) is 89.2 Å². The molecule has 0 bridgehead atoms. The topological polar surface area (TPSA) is 178 Å². The van der Waals surface area contributed by atoms with E-state index in [9.17, 15) is 33.0 Å². The lowest BCUT2D eigenvalue weighted by Gasteiger charge is -2.39. The lowest BCUT2D eigenvalue weighted by Crippen LogP contribution is -2.43. The first kappa shape index (κ1) is 38.3. The van der Waals surface area contributed by atoms with Gasteiger partial charge in [0.25, 0.3) is 0 Å². The summed E-state index contributed by atoms with van der Waals surface area (Å²) in [7, 11) is 0. The molecule has 17 heteroatoms. The maximum atomic E-state index is 14.8. The summed E-state index contributed by atoms with van der Waals surface area (Å²) < 4.78 is 62.1. The number of carbonyl (C=O) groups is 2. The van der Waals surface area contributed by atoms with Gasteiger partial charge in [0.05, 0.1) is 24.6 Å². The molecule has 288 valence electrons. The highest BCUT2D eigenvalue weighted by atomic mass is 19.4. The number of rotatable bonds is 11. The maximum Gasteiger partial charge on any atom is 0.429 e. The van der Waals surface area contributed by atoms with Gasteiger partial charge < -0.3 is 35.1 Å². The summed E-state index contributed by atoms with van der Waals surface area (Å²) in [6, 6.07) is 15.0. The Morgan fingerprint density at radius 3 is 2.44 bits per heavy atom. The van der Waals surface area contributed by atoms with E-state index in [-0.39, 0.29) is 48.3 Å². The van der Waals surface area contributed by atoms with Crippen molar-refractivity contribution in [3.8, 4) is 11.6 Å². The van der Waals surface area contributed by atoms with Crippen LogP contribution in [0.15, 0.2) is 66.9 Å². The number of nitrogens with zero attached hydrogens (tertiary/aromatic N) is 6. The van der Waals surface area contributed by atoms with Crippen LogP contribution in [0.5, 0.6) is 5.88 Å². The molecule has 1 amide bonds. The number of aryl methyl sites for hydroxylation is 1. The van der Waals surface area contributed by atoms with E-state index in [0.717, 1.165) is 5.56 Å². The highest BCUT2D eigenvalue weighted by molar-refractivity contribution is 5.82. The molecule has 14 nitrogen and oxygen atoms in total. The minimum Gasteiger partial charge on any atom is -0.464 e. The lowest BCUT2D eigenvalue weighted by atomic mass is 9.76. The predicted molar refractivity (Wildman–Crippen MR) is 188 cm³/mol. The number of hydrogen-bond donors (Lipinski definition) is 3. The number of anilines is 2. The van der Waals surface area contributed by atoms with Crippen LogP contribution in [0.1, 0.15) is 60.8 Å². The van der Waals surface area contributed by atoms with Gasteiger partial charge in [-0.15, -0.1) is 0 Å². The molecule has 2 aromatic carbocycles. The second-order valence-electron chi connectivity index (χ2n) is 13.5. The molecule has 4 heterocycles. The van der Waals surface area contributed by atoms with Gasteiger partial charge in [0.15, 0.2) is 0 Å². The van der Waals surface area contributed by atoms with Crippen molar-refractivity contribution < 1.29 is 47.2 Å². The van der Waals surface area contributed by atoms with Gasteiger partial charge in [-0.3, -0.25) is 4.90 Å². The van der Waals surface area contributed by atoms with Crippen LogP contribution >= 0.6 is 0 Å². The number of ether oxygens (including phenoxy) is 3. The average molecular weight is 754 g/mol. The summed E-state index contributed by atoms with van der Waals surface area (Å²) in [5.74, 6) is -0.985. The van der Waals surface area contributed by atoms with Crippen molar-refractivity contribution in [2.75, 3.05) is 43.5 Å². The lowest BCUT2D eigenvalue weighted by molar-refractivity contribution is -0.198. The summed E-state index contributed by atoms with van der Waals surface area (Å²) in [5, 5.41) is 24.0. The van der Waals surface area contributed by atoms with E-state index in [1.54, 1.807) is 19.9 Å². The molecule has 4 N–H and O–H groups in total. The van der Waals surface area contributed by atoms with Crippen molar-refractivity contribution in [1.29, 1.82) is 0 Å². The Hall–Kier alpha value is -5.42. The molecule has 3 atom stereocenters. The minimum absolute atomic E-state index is 0.0188. The Morgan fingerprint density at radius 2 is 1.80 bits per heavy atom. The van der Waals surface area contributed by atoms with Crippen molar-refractivity contribution >= 4 is 23.8 Å². The Bertz CT molecular complexity index is 1940. The first-order valence-electron chi connectivity index (χ1n) is 17.5. The summed E-state index contributed by atoms with van der Waals surface area (Å²) in [6.07, 6.45) is -6.53. The number of nitrogens with two attached hydrogens (primary N) is 1. The zero-order chi connectivity index (χ0) is 38.6. The van der Waals surface area contributed by atoms with Crippen molar-refractivity contribution in [1.82, 2.24) is 24.6 Å². The van der Waals surface area contributed by atoms with Crippen LogP contribution in [0, 0.1) is 12.3 Å². The van der Waals surface area contributed by atoms with Gasteiger partial charge in [0, 0.05) is 37.5 Å². The number of alkyl halides is 3. The molecule has 0 radical (unpaired) electrons. The number of likely N-dealkylation sites (tertiary alicyclic amines) is 1. The normalized spacial score (nSPS) is 18.0. The Balaban J connectivity index is 1.20. The SMILES string of the molecule is CCOC(=O)C1CC2(CCN(c3cc(O[C@H](c4ccc(C(O)CO)cc4-n4ccc(C)n4)C(F)(F)F)nc(N)n3)CC2)CN1C(=O)OCc1ccccc1. The molecule has 2 aliphatic rings. The van der Waals surface area contributed by atoms with E-state index in [1.807, 2.05) is 35.2 Å². The molecule has 2 saturated heterocycles. The number of amides is 1. The molecule has 0 saturated carbocycles. The molecule has 54 heavy (non-hydrogen) atoms. The van der Waals surface area contributed by atoms with Gasteiger partial charge in [-0.1, -0.05) is 42.5 Å². The Kier molecular flexibility index (Phi) is 11.3. The summed E-state index contributed by atoms with van der Waals surface area (Å²) in [5.41, 5.74) is 6.76. The number of hydrogen-bond acceptors (Lipinski definition) is 12. The zero-order valence-corrected chi connectivity index (χ0v) is 29.8. The molecule has 4 aromatic rings. The first-order valence-corrected chi connectivity index (χ1v) is 17.5. The zero-order valence-electron chi connectivity index (χ0n) is 29.8. The third-order valence-corrected chi connectivity index (χ3v) is 9.76. The van der Waals surface area contributed by atoms with Crippen LogP contribution in [-0.4, -0.2) is 92.0 Å². The molecule has 1 spiro atoms. The average Bonchev–Trinajstić information content (AvgIpc) is 3.76. The molecular weight excluding hydrogens is 711 g/mol. The quantitative estimate of drug-likeness (QED) is 0.178. The fraction of sp³-hybridized carbons (Fsp3) is 0.432. The van der Waals surface area contributed by atoms with Gasteiger partial charge >= 0.3 is 18.2 Å².